The van der Waals surface area contributed by atoms with Crippen LogP contribution in [0, 0.1) is 5.92 Å². The third-order valence-electron chi connectivity index (χ3n) is 5.26. The monoisotopic (exact) mass is 479 g/mol. The fraction of sp³-hybridized carbons (Fsp3) is 0.500. The number of carboxylic acid groups (broad SMARTS) is 1. The number of rotatable bonds is 14. The van der Waals surface area contributed by atoms with Crippen LogP contribution < -0.4 is 27.4 Å². The summed E-state index contributed by atoms with van der Waals surface area (Å²) in [5, 5.41) is 25.6. The third kappa shape index (κ3) is 9.16. The summed E-state index contributed by atoms with van der Waals surface area (Å²) in [6.45, 7) is 2.67. The number of carbonyl (C=O) groups is 5. The number of aliphatic carboxylic acids is 1. The average molecular weight is 480 g/mol. The van der Waals surface area contributed by atoms with Crippen LogP contribution in [0.3, 0.4) is 0 Å². The Bertz CT molecular complexity index is 864. The van der Waals surface area contributed by atoms with Crippen LogP contribution in [0.4, 0.5) is 0 Å². The standard InChI is InChI=1S/C22H33N5O7/c1-3-12(2)18(27-19(30)14(23)10-17(24)29)21(32)25-15(9-13-7-5-4-6-8-13)20(31)26-16(11-28)22(33)34/h4-8,12,14-16,18,28H,3,9-11,23H2,1-2H3,(H2,24,29)(H,25,32)(H,26,31)(H,27,30)(H,33,34). The van der Waals surface area contributed by atoms with E-state index in [4.69, 9.17) is 16.6 Å². The van der Waals surface area contributed by atoms with E-state index >= 15 is 0 Å². The molecule has 0 heterocycles. The van der Waals surface area contributed by atoms with Crippen molar-refractivity contribution in [3.63, 3.8) is 0 Å². The first kappa shape index (κ1) is 28.5. The van der Waals surface area contributed by atoms with E-state index < -0.39 is 66.8 Å². The zero-order valence-electron chi connectivity index (χ0n) is 19.2. The zero-order chi connectivity index (χ0) is 25.8. The molecule has 0 aliphatic rings. The Morgan fingerprint density at radius 3 is 2.03 bits per heavy atom. The van der Waals surface area contributed by atoms with E-state index in [-0.39, 0.29) is 12.3 Å². The molecular weight excluding hydrogens is 446 g/mol. The van der Waals surface area contributed by atoms with Crippen molar-refractivity contribution in [1.29, 1.82) is 0 Å². The largest absolute Gasteiger partial charge is 0.480 e. The number of nitrogens with two attached hydrogens (primary N) is 2. The van der Waals surface area contributed by atoms with Gasteiger partial charge in [-0.15, -0.1) is 0 Å². The van der Waals surface area contributed by atoms with Gasteiger partial charge in [0.05, 0.1) is 19.1 Å². The molecule has 5 unspecified atom stereocenters. The fourth-order valence-electron chi connectivity index (χ4n) is 3.05. The molecule has 34 heavy (non-hydrogen) atoms. The first-order valence-electron chi connectivity index (χ1n) is 10.8. The van der Waals surface area contributed by atoms with Gasteiger partial charge in [-0.05, 0) is 11.5 Å². The van der Waals surface area contributed by atoms with Crippen LogP contribution in [0.2, 0.25) is 0 Å². The number of amides is 4. The van der Waals surface area contributed by atoms with Crippen LogP contribution in [-0.2, 0) is 30.4 Å². The Morgan fingerprint density at radius 1 is 0.941 bits per heavy atom. The Balaban J connectivity index is 3.10. The molecule has 0 bridgehead atoms. The molecular formula is C22H33N5O7. The molecule has 12 nitrogen and oxygen atoms in total. The molecule has 5 atom stereocenters. The quantitative estimate of drug-likeness (QED) is 0.158. The van der Waals surface area contributed by atoms with Gasteiger partial charge >= 0.3 is 5.97 Å². The van der Waals surface area contributed by atoms with Gasteiger partial charge in [-0.25, -0.2) is 4.79 Å². The van der Waals surface area contributed by atoms with Crippen LogP contribution in [0.15, 0.2) is 30.3 Å². The minimum Gasteiger partial charge on any atom is -0.480 e. The maximum absolute atomic E-state index is 13.1. The molecule has 0 aliphatic carbocycles. The lowest BCUT2D eigenvalue weighted by molar-refractivity contribution is -0.143. The number of benzene rings is 1. The van der Waals surface area contributed by atoms with E-state index in [1.807, 2.05) is 0 Å². The van der Waals surface area contributed by atoms with E-state index in [2.05, 4.69) is 16.0 Å². The zero-order valence-corrected chi connectivity index (χ0v) is 19.2. The van der Waals surface area contributed by atoms with Crippen LogP contribution in [0.5, 0.6) is 0 Å². The average Bonchev–Trinajstić information content (AvgIpc) is 2.79. The molecule has 12 heteroatoms. The van der Waals surface area contributed by atoms with Crippen molar-refractivity contribution in [3.05, 3.63) is 35.9 Å². The lowest BCUT2D eigenvalue weighted by atomic mass is 9.96. The predicted octanol–water partition coefficient (Wildman–Crippen LogP) is -1.99. The molecule has 1 rings (SSSR count). The summed E-state index contributed by atoms with van der Waals surface area (Å²) in [6.07, 6.45) is 0.112. The fourth-order valence-corrected chi connectivity index (χ4v) is 3.05. The van der Waals surface area contributed by atoms with E-state index in [9.17, 15) is 29.1 Å². The maximum atomic E-state index is 13.1. The van der Waals surface area contributed by atoms with Crippen molar-refractivity contribution in [3.8, 4) is 0 Å². The number of aliphatic hydroxyl groups excluding tert-OH is 1. The molecule has 0 spiro atoms. The molecule has 9 N–H and O–H groups in total. The highest BCUT2D eigenvalue weighted by Crippen LogP contribution is 2.11. The van der Waals surface area contributed by atoms with Crippen molar-refractivity contribution >= 4 is 29.6 Å². The lowest BCUT2D eigenvalue weighted by Crippen LogP contribution is -2.59. The number of carboxylic acids is 1. The Kier molecular flexibility index (Phi) is 11.7. The molecule has 188 valence electrons. The highest BCUT2D eigenvalue weighted by Gasteiger charge is 2.32. The molecule has 0 aliphatic heterocycles. The third-order valence-corrected chi connectivity index (χ3v) is 5.26. The van der Waals surface area contributed by atoms with E-state index in [0.717, 1.165) is 0 Å². The van der Waals surface area contributed by atoms with Crippen LogP contribution in [0.25, 0.3) is 0 Å². The van der Waals surface area contributed by atoms with Gasteiger partial charge in [0.2, 0.25) is 23.6 Å². The van der Waals surface area contributed by atoms with Gasteiger partial charge in [0.15, 0.2) is 0 Å². The summed E-state index contributed by atoms with van der Waals surface area (Å²) in [5.74, 6) is -4.85. The molecule has 0 radical (unpaired) electrons. The van der Waals surface area contributed by atoms with Gasteiger partial charge in [-0.3, -0.25) is 19.2 Å². The minimum absolute atomic E-state index is 0.0263. The molecule has 0 saturated heterocycles. The van der Waals surface area contributed by atoms with Crippen molar-refractivity contribution in [2.75, 3.05) is 6.61 Å². The van der Waals surface area contributed by atoms with Gasteiger partial charge in [0.25, 0.3) is 0 Å². The van der Waals surface area contributed by atoms with Gasteiger partial charge in [0.1, 0.15) is 18.1 Å². The van der Waals surface area contributed by atoms with Crippen LogP contribution >= 0.6 is 0 Å². The van der Waals surface area contributed by atoms with Crippen LogP contribution in [0.1, 0.15) is 32.3 Å². The summed E-state index contributed by atoms with van der Waals surface area (Å²) >= 11 is 0. The SMILES string of the molecule is CCC(C)C(NC(=O)C(N)CC(N)=O)C(=O)NC(Cc1ccccc1)C(=O)NC(CO)C(=O)O. The smallest absolute Gasteiger partial charge is 0.328 e. The van der Waals surface area contributed by atoms with Crippen molar-refractivity contribution in [1.82, 2.24) is 16.0 Å². The predicted molar refractivity (Wildman–Crippen MR) is 122 cm³/mol. The highest BCUT2D eigenvalue weighted by molar-refractivity contribution is 5.95. The van der Waals surface area contributed by atoms with Gasteiger partial charge in [-0.2, -0.15) is 0 Å². The first-order valence-corrected chi connectivity index (χ1v) is 10.8. The van der Waals surface area contributed by atoms with Crippen molar-refractivity contribution in [2.24, 2.45) is 17.4 Å². The highest BCUT2D eigenvalue weighted by atomic mass is 16.4. The topological polar surface area (TPSA) is 214 Å². The van der Waals surface area contributed by atoms with E-state index in [1.54, 1.807) is 44.2 Å². The van der Waals surface area contributed by atoms with Crippen molar-refractivity contribution < 1.29 is 34.2 Å². The van der Waals surface area contributed by atoms with Crippen molar-refractivity contribution in [2.45, 2.75) is 57.3 Å². The number of aliphatic hydroxyl groups is 1. The van der Waals surface area contributed by atoms with E-state index in [0.29, 0.717) is 12.0 Å². The first-order chi connectivity index (χ1) is 16.0. The molecule has 1 aromatic carbocycles. The van der Waals surface area contributed by atoms with E-state index in [1.165, 1.54) is 0 Å². The number of nitrogens with one attached hydrogen (secondary N) is 3. The summed E-state index contributed by atoms with van der Waals surface area (Å²) in [6, 6.07) is 3.60. The van der Waals surface area contributed by atoms with Gasteiger partial charge in [0, 0.05) is 6.42 Å². The molecule has 1 aromatic rings. The second kappa shape index (κ2) is 13.9. The number of carbonyl (C=O) groups excluding carboxylic acids is 4. The number of hydrogen-bond donors (Lipinski definition) is 7. The normalized spacial score (nSPS) is 15.2. The summed E-state index contributed by atoms with van der Waals surface area (Å²) < 4.78 is 0. The molecule has 4 amide bonds. The number of primary amides is 1. The lowest BCUT2D eigenvalue weighted by Gasteiger charge is -2.28. The number of hydrogen-bond acceptors (Lipinski definition) is 7. The maximum Gasteiger partial charge on any atom is 0.328 e. The molecule has 0 fully saturated rings. The Morgan fingerprint density at radius 2 is 1.53 bits per heavy atom. The van der Waals surface area contributed by atoms with Crippen LogP contribution in [-0.4, -0.2) is 70.6 Å². The minimum atomic E-state index is -1.56. The van der Waals surface area contributed by atoms with Gasteiger partial charge < -0.3 is 37.6 Å². The Labute approximate surface area is 197 Å². The Hall–Kier alpha value is -3.51. The second-order valence-electron chi connectivity index (χ2n) is 7.98. The summed E-state index contributed by atoms with van der Waals surface area (Å²) in [7, 11) is 0. The second-order valence-corrected chi connectivity index (χ2v) is 7.98. The molecule has 0 aromatic heterocycles. The summed E-state index contributed by atoms with van der Waals surface area (Å²) in [4.78, 5) is 60.6. The van der Waals surface area contributed by atoms with Gasteiger partial charge in [-0.1, -0.05) is 50.6 Å². The molecule has 0 saturated carbocycles. The summed E-state index contributed by atoms with van der Waals surface area (Å²) in [5.41, 5.74) is 11.4.